The number of aromatic nitrogens is 2. The molecule has 4 heteroatoms. The van der Waals surface area contributed by atoms with Crippen LogP contribution in [-0.2, 0) is 19.9 Å². The van der Waals surface area contributed by atoms with E-state index in [9.17, 15) is 0 Å². The molecule has 2 N–H and O–H groups in total. The van der Waals surface area contributed by atoms with E-state index < -0.39 is 0 Å². The number of hydrogen-bond acceptors (Lipinski definition) is 2. The van der Waals surface area contributed by atoms with Gasteiger partial charge in [-0.25, -0.2) is 0 Å². The van der Waals surface area contributed by atoms with Gasteiger partial charge in [0.15, 0.2) is 0 Å². The highest BCUT2D eigenvalue weighted by Crippen LogP contribution is 2.24. The van der Waals surface area contributed by atoms with Crippen LogP contribution < -0.4 is 5.73 Å². The third kappa shape index (κ3) is 2.82. The standard InChI is InChI=1S/C11H20BrN3/c1-4-8(7-13)6-10-11(12)9(5-2)14-15(10)3/h8H,4-7,13H2,1-3H3. The van der Waals surface area contributed by atoms with Crippen molar-refractivity contribution in [1.29, 1.82) is 0 Å². The normalized spacial score (nSPS) is 13.1. The van der Waals surface area contributed by atoms with Crippen molar-refractivity contribution in [3.63, 3.8) is 0 Å². The van der Waals surface area contributed by atoms with E-state index in [1.54, 1.807) is 0 Å². The van der Waals surface area contributed by atoms with E-state index in [0.717, 1.165) is 31.5 Å². The molecule has 1 atom stereocenters. The van der Waals surface area contributed by atoms with Gasteiger partial charge in [0.1, 0.15) is 0 Å². The molecule has 0 saturated heterocycles. The highest BCUT2D eigenvalue weighted by molar-refractivity contribution is 9.10. The molecule has 0 amide bonds. The van der Waals surface area contributed by atoms with E-state index in [0.29, 0.717) is 5.92 Å². The number of nitrogens with zero attached hydrogens (tertiary/aromatic N) is 2. The fourth-order valence-corrected chi connectivity index (χ4v) is 2.49. The van der Waals surface area contributed by atoms with Crippen molar-refractivity contribution in [2.75, 3.05) is 6.54 Å². The molecule has 0 fully saturated rings. The molecule has 0 bridgehead atoms. The summed E-state index contributed by atoms with van der Waals surface area (Å²) >= 11 is 3.62. The highest BCUT2D eigenvalue weighted by Gasteiger charge is 2.15. The molecule has 0 saturated carbocycles. The van der Waals surface area contributed by atoms with Gasteiger partial charge in [-0.1, -0.05) is 20.3 Å². The summed E-state index contributed by atoms with van der Waals surface area (Å²) in [7, 11) is 2.00. The summed E-state index contributed by atoms with van der Waals surface area (Å²) < 4.78 is 3.14. The van der Waals surface area contributed by atoms with E-state index in [1.165, 1.54) is 10.2 Å². The molecule has 0 aliphatic carbocycles. The Kier molecular flexibility index (Phi) is 4.80. The number of halogens is 1. The Morgan fingerprint density at radius 1 is 1.47 bits per heavy atom. The molecule has 1 heterocycles. The summed E-state index contributed by atoms with van der Waals surface area (Å²) in [5, 5.41) is 4.48. The summed E-state index contributed by atoms with van der Waals surface area (Å²) in [6.45, 7) is 5.05. The van der Waals surface area contributed by atoms with Crippen LogP contribution in [0.15, 0.2) is 4.47 Å². The van der Waals surface area contributed by atoms with Gasteiger partial charge in [-0.15, -0.1) is 0 Å². The number of rotatable bonds is 5. The molecule has 0 aromatic carbocycles. The zero-order valence-corrected chi connectivity index (χ0v) is 11.3. The minimum Gasteiger partial charge on any atom is -0.330 e. The van der Waals surface area contributed by atoms with Crippen LogP contribution in [0, 0.1) is 5.92 Å². The Morgan fingerprint density at radius 2 is 2.13 bits per heavy atom. The second-order valence-electron chi connectivity index (χ2n) is 3.90. The molecule has 0 aliphatic rings. The smallest absolute Gasteiger partial charge is 0.0766 e. The zero-order chi connectivity index (χ0) is 11.4. The molecule has 0 radical (unpaired) electrons. The maximum Gasteiger partial charge on any atom is 0.0766 e. The summed E-state index contributed by atoms with van der Waals surface area (Å²) in [6, 6.07) is 0. The molecular weight excluding hydrogens is 254 g/mol. The lowest BCUT2D eigenvalue weighted by atomic mass is 10.0. The summed E-state index contributed by atoms with van der Waals surface area (Å²) in [5.74, 6) is 0.557. The largest absolute Gasteiger partial charge is 0.330 e. The molecule has 3 nitrogen and oxygen atoms in total. The van der Waals surface area contributed by atoms with Crippen LogP contribution in [-0.4, -0.2) is 16.3 Å². The first kappa shape index (κ1) is 12.7. The first-order chi connectivity index (χ1) is 7.13. The Balaban J connectivity index is 2.88. The van der Waals surface area contributed by atoms with Gasteiger partial charge in [-0.2, -0.15) is 5.10 Å². The summed E-state index contributed by atoms with van der Waals surface area (Å²) in [4.78, 5) is 0. The van der Waals surface area contributed by atoms with Gasteiger partial charge in [-0.3, -0.25) is 4.68 Å². The van der Waals surface area contributed by atoms with Crippen LogP contribution >= 0.6 is 15.9 Å². The third-order valence-corrected chi connectivity index (χ3v) is 3.81. The predicted molar refractivity (Wildman–Crippen MR) is 66.8 cm³/mol. The Morgan fingerprint density at radius 3 is 2.53 bits per heavy atom. The number of aryl methyl sites for hydroxylation is 2. The molecule has 1 aromatic heterocycles. The monoisotopic (exact) mass is 273 g/mol. The minimum absolute atomic E-state index is 0.557. The van der Waals surface area contributed by atoms with Gasteiger partial charge < -0.3 is 5.73 Å². The second-order valence-corrected chi connectivity index (χ2v) is 4.69. The fraction of sp³-hybridized carbons (Fsp3) is 0.727. The van der Waals surface area contributed by atoms with E-state index >= 15 is 0 Å². The van der Waals surface area contributed by atoms with E-state index in [2.05, 4.69) is 34.9 Å². The lowest BCUT2D eigenvalue weighted by Gasteiger charge is -2.12. The van der Waals surface area contributed by atoms with Crippen molar-refractivity contribution in [3.8, 4) is 0 Å². The lowest BCUT2D eigenvalue weighted by molar-refractivity contribution is 0.497. The van der Waals surface area contributed by atoms with Crippen LogP contribution in [0.5, 0.6) is 0 Å². The Hall–Kier alpha value is -0.350. The van der Waals surface area contributed by atoms with Crippen molar-refractivity contribution in [2.45, 2.75) is 33.1 Å². The van der Waals surface area contributed by atoms with Crippen molar-refractivity contribution >= 4 is 15.9 Å². The maximum absolute atomic E-state index is 5.73. The van der Waals surface area contributed by atoms with Gasteiger partial charge in [0, 0.05) is 7.05 Å². The molecular formula is C11H20BrN3. The van der Waals surface area contributed by atoms with Gasteiger partial charge in [0.25, 0.3) is 0 Å². The van der Waals surface area contributed by atoms with Crippen LogP contribution in [0.1, 0.15) is 31.7 Å². The SMILES string of the molecule is CCc1nn(C)c(CC(CC)CN)c1Br. The molecule has 1 aromatic rings. The molecule has 0 aliphatic heterocycles. The predicted octanol–water partition coefficient (Wildman–Crippen LogP) is 2.27. The van der Waals surface area contributed by atoms with Crippen LogP contribution in [0.3, 0.4) is 0 Å². The van der Waals surface area contributed by atoms with Gasteiger partial charge >= 0.3 is 0 Å². The van der Waals surface area contributed by atoms with Gasteiger partial charge in [0.05, 0.1) is 15.9 Å². The molecule has 86 valence electrons. The second kappa shape index (κ2) is 5.66. The number of hydrogen-bond donors (Lipinski definition) is 1. The van der Waals surface area contributed by atoms with E-state index in [4.69, 9.17) is 5.73 Å². The third-order valence-electron chi connectivity index (χ3n) is 2.90. The van der Waals surface area contributed by atoms with Crippen molar-refractivity contribution < 1.29 is 0 Å². The van der Waals surface area contributed by atoms with E-state index in [-0.39, 0.29) is 0 Å². The maximum atomic E-state index is 5.73. The van der Waals surface area contributed by atoms with Crippen molar-refractivity contribution in [3.05, 3.63) is 15.9 Å². The quantitative estimate of drug-likeness (QED) is 0.895. The minimum atomic E-state index is 0.557. The van der Waals surface area contributed by atoms with Crippen LogP contribution in [0.4, 0.5) is 0 Å². The average molecular weight is 274 g/mol. The summed E-state index contributed by atoms with van der Waals surface area (Å²) in [6.07, 6.45) is 3.10. The Labute approximate surface area is 100 Å². The Bertz CT molecular complexity index is 316. The topological polar surface area (TPSA) is 43.8 Å². The van der Waals surface area contributed by atoms with Crippen LogP contribution in [0.2, 0.25) is 0 Å². The zero-order valence-electron chi connectivity index (χ0n) is 9.76. The van der Waals surface area contributed by atoms with Crippen molar-refractivity contribution in [1.82, 2.24) is 9.78 Å². The van der Waals surface area contributed by atoms with Gasteiger partial charge in [-0.05, 0) is 41.2 Å². The average Bonchev–Trinajstić information content (AvgIpc) is 2.51. The summed E-state index contributed by atoms with van der Waals surface area (Å²) in [5.41, 5.74) is 8.13. The fourth-order valence-electron chi connectivity index (χ4n) is 1.71. The highest BCUT2D eigenvalue weighted by atomic mass is 79.9. The molecule has 0 spiro atoms. The van der Waals surface area contributed by atoms with E-state index in [1.807, 2.05) is 11.7 Å². The molecule has 1 rings (SSSR count). The molecule has 15 heavy (non-hydrogen) atoms. The lowest BCUT2D eigenvalue weighted by Crippen LogP contribution is -2.17. The van der Waals surface area contributed by atoms with Crippen LogP contribution in [0.25, 0.3) is 0 Å². The first-order valence-electron chi connectivity index (χ1n) is 5.54. The van der Waals surface area contributed by atoms with Gasteiger partial charge in [0.2, 0.25) is 0 Å². The number of nitrogens with two attached hydrogens (primary N) is 1. The molecule has 1 unspecified atom stereocenters. The van der Waals surface area contributed by atoms with Crippen molar-refractivity contribution in [2.24, 2.45) is 18.7 Å². The first-order valence-corrected chi connectivity index (χ1v) is 6.33.